The van der Waals surface area contributed by atoms with Crippen LogP contribution < -0.4 is 5.32 Å². The molecule has 0 aliphatic carbocycles. The van der Waals surface area contributed by atoms with Gasteiger partial charge in [-0.25, -0.2) is 0 Å². The maximum absolute atomic E-state index is 12.3. The number of esters is 1. The van der Waals surface area contributed by atoms with Gasteiger partial charge in [0, 0.05) is 12.8 Å². The number of carbonyl (C=O) groups excluding carboxylic acids is 2. The second-order valence-corrected chi connectivity index (χ2v) is 13.6. The van der Waals surface area contributed by atoms with Crippen LogP contribution in [0.1, 0.15) is 200 Å². The number of ether oxygens (including phenoxy) is 1. The molecule has 0 bridgehead atoms. The largest absolute Gasteiger partial charge is 0.466 e. The van der Waals surface area contributed by atoms with Crippen molar-refractivity contribution in [1.29, 1.82) is 0 Å². The van der Waals surface area contributed by atoms with Crippen molar-refractivity contribution < 1.29 is 24.5 Å². The number of aliphatic hydroxyl groups excluding tert-OH is 2. The summed E-state index contributed by atoms with van der Waals surface area (Å²) in [6.45, 7) is 4.76. The molecule has 0 saturated carbocycles. The Hall–Kier alpha value is -1.66. The number of carbonyl (C=O) groups is 2. The first-order valence-electron chi connectivity index (χ1n) is 20.1. The molecule has 0 aliphatic rings. The number of rotatable bonds is 36. The van der Waals surface area contributed by atoms with E-state index in [-0.39, 0.29) is 18.5 Å². The molecule has 2 atom stereocenters. The Bertz CT molecular complexity index is 737. The number of aliphatic hydroxyl groups is 2. The molecule has 47 heavy (non-hydrogen) atoms. The van der Waals surface area contributed by atoms with Crippen molar-refractivity contribution in [3.8, 4) is 0 Å². The van der Waals surface area contributed by atoms with E-state index in [4.69, 9.17) is 4.74 Å². The van der Waals surface area contributed by atoms with Crippen LogP contribution in [0.3, 0.4) is 0 Å². The van der Waals surface area contributed by atoms with Gasteiger partial charge in [0.25, 0.3) is 0 Å². The first-order valence-corrected chi connectivity index (χ1v) is 20.1. The summed E-state index contributed by atoms with van der Waals surface area (Å²) in [4.78, 5) is 24.2. The van der Waals surface area contributed by atoms with Crippen molar-refractivity contribution >= 4 is 11.9 Å². The van der Waals surface area contributed by atoms with E-state index in [1.165, 1.54) is 103 Å². The van der Waals surface area contributed by atoms with Gasteiger partial charge in [0.05, 0.1) is 25.4 Å². The van der Waals surface area contributed by atoms with E-state index in [0.29, 0.717) is 19.4 Å². The number of nitrogens with one attached hydrogen (secondary N) is 1. The molecule has 0 heterocycles. The van der Waals surface area contributed by atoms with Gasteiger partial charge in [0.2, 0.25) is 5.91 Å². The molecule has 0 radical (unpaired) electrons. The van der Waals surface area contributed by atoms with Gasteiger partial charge in [-0.05, 0) is 51.4 Å². The molecule has 2 unspecified atom stereocenters. The first kappa shape index (κ1) is 45.3. The van der Waals surface area contributed by atoms with Crippen molar-refractivity contribution in [1.82, 2.24) is 5.32 Å². The summed E-state index contributed by atoms with van der Waals surface area (Å²) in [6, 6.07) is -0.661. The van der Waals surface area contributed by atoms with Crippen molar-refractivity contribution in [2.75, 3.05) is 13.2 Å². The summed E-state index contributed by atoms with van der Waals surface area (Å²) >= 11 is 0. The quantitative estimate of drug-likeness (QED) is 0.0352. The Labute approximate surface area is 291 Å². The molecule has 1 amide bonds. The van der Waals surface area contributed by atoms with Crippen LogP contribution in [0.2, 0.25) is 0 Å². The zero-order chi connectivity index (χ0) is 34.5. The van der Waals surface area contributed by atoms with E-state index in [2.05, 4.69) is 31.3 Å². The van der Waals surface area contributed by atoms with E-state index in [1.54, 1.807) is 6.08 Å². The highest BCUT2D eigenvalue weighted by Crippen LogP contribution is 2.13. The third kappa shape index (κ3) is 34.0. The minimum atomic E-state index is -0.871. The normalized spacial score (nSPS) is 13.0. The summed E-state index contributed by atoms with van der Waals surface area (Å²) < 4.78 is 5.40. The van der Waals surface area contributed by atoms with Crippen LogP contribution in [0.15, 0.2) is 24.3 Å². The minimum absolute atomic E-state index is 0.0400. The van der Waals surface area contributed by atoms with Gasteiger partial charge in [0.15, 0.2) is 0 Å². The molecule has 0 spiro atoms. The molecular weight excluding hydrogens is 586 g/mol. The Kier molecular flexibility index (Phi) is 35.9. The Morgan fingerprint density at radius 1 is 0.574 bits per heavy atom. The van der Waals surface area contributed by atoms with Crippen molar-refractivity contribution in [2.24, 2.45) is 0 Å². The number of hydrogen-bond donors (Lipinski definition) is 3. The van der Waals surface area contributed by atoms with E-state index < -0.39 is 12.1 Å². The molecule has 0 aliphatic heterocycles. The smallest absolute Gasteiger partial charge is 0.305 e. The van der Waals surface area contributed by atoms with Gasteiger partial charge in [-0.15, -0.1) is 0 Å². The summed E-state index contributed by atoms with van der Waals surface area (Å²) in [5.41, 5.74) is 0. The van der Waals surface area contributed by atoms with Crippen LogP contribution in [0.25, 0.3) is 0 Å². The molecule has 3 N–H and O–H groups in total. The molecular formula is C41H77NO5. The minimum Gasteiger partial charge on any atom is -0.466 e. The topological polar surface area (TPSA) is 95.9 Å². The second-order valence-electron chi connectivity index (χ2n) is 13.6. The average molecular weight is 664 g/mol. The van der Waals surface area contributed by atoms with Gasteiger partial charge in [-0.1, -0.05) is 160 Å². The number of allylic oxidation sites excluding steroid dienone is 3. The highest BCUT2D eigenvalue weighted by atomic mass is 16.5. The zero-order valence-corrected chi connectivity index (χ0v) is 31.0. The van der Waals surface area contributed by atoms with E-state index in [1.807, 2.05) is 6.08 Å². The number of amides is 1. The maximum atomic E-state index is 12.3. The third-order valence-electron chi connectivity index (χ3n) is 8.97. The predicted octanol–water partition coefficient (Wildman–Crippen LogP) is 10.8. The van der Waals surface area contributed by atoms with Crippen LogP contribution in [0.4, 0.5) is 0 Å². The molecule has 0 saturated heterocycles. The predicted molar refractivity (Wildman–Crippen MR) is 200 cm³/mol. The van der Waals surface area contributed by atoms with Crippen molar-refractivity contribution in [3.05, 3.63) is 24.3 Å². The zero-order valence-electron chi connectivity index (χ0n) is 31.0. The third-order valence-corrected chi connectivity index (χ3v) is 8.97. The molecule has 6 heteroatoms. The fourth-order valence-electron chi connectivity index (χ4n) is 5.81. The molecule has 6 nitrogen and oxygen atoms in total. The Morgan fingerprint density at radius 3 is 1.55 bits per heavy atom. The average Bonchev–Trinajstić information content (AvgIpc) is 3.07. The van der Waals surface area contributed by atoms with E-state index in [9.17, 15) is 19.8 Å². The van der Waals surface area contributed by atoms with Crippen molar-refractivity contribution in [2.45, 2.75) is 212 Å². The van der Waals surface area contributed by atoms with Gasteiger partial charge in [-0.3, -0.25) is 9.59 Å². The lowest BCUT2D eigenvalue weighted by Crippen LogP contribution is -2.45. The van der Waals surface area contributed by atoms with Gasteiger partial charge in [0.1, 0.15) is 0 Å². The van der Waals surface area contributed by atoms with E-state index in [0.717, 1.165) is 70.6 Å². The molecule has 0 rings (SSSR count). The van der Waals surface area contributed by atoms with Crippen molar-refractivity contribution in [3.63, 3.8) is 0 Å². The van der Waals surface area contributed by atoms with Crippen LogP contribution in [0.5, 0.6) is 0 Å². The van der Waals surface area contributed by atoms with Gasteiger partial charge >= 0.3 is 5.97 Å². The Morgan fingerprint density at radius 2 is 1.02 bits per heavy atom. The van der Waals surface area contributed by atoms with Gasteiger partial charge < -0.3 is 20.3 Å². The summed E-state index contributed by atoms with van der Waals surface area (Å²) in [6.07, 6.45) is 40.2. The monoisotopic (exact) mass is 664 g/mol. The first-order chi connectivity index (χ1) is 23.0. The molecule has 0 aromatic heterocycles. The number of unbranched alkanes of at least 4 members (excludes halogenated alkanes) is 23. The standard InChI is InChI=1S/C41H77NO5/c1-3-5-7-9-11-13-15-19-23-27-31-35-41(46)47-36-32-28-24-20-16-18-22-26-30-34-40(45)42-38(37-43)39(44)33-29-25-21-17-14-12-10-8-6-4-2/h18,22,29,33,38-39,43-44H,3-17,19-21,23-28,30-32,34-37H2,1-2H3,(H,42,45)/b22-18-,33-29+. The summed E-state index contributed by atoms with van der Waals surface area (Å²) in [7, 11) is 0. The lowest BCUT2D eigenvalue weighted by atomic mass is 10.1. The van der Waals surface area contributed by atoms with Crippen LogP contribution in [0, 0.1) is 0 Å². The molecule has 276 valence electrons. The second kappa shape index (κ2) is 37.2. The summed E-state index contributed by atoms with van der Waals surface area (Å²) in [5, 5.41) is 22.8. The SMILES string of the molecule is CCCCCCCCCC/C=C/C(O)C(CO)NC(=O)CCC/C=C\CCCCCCOC(=O)CCCCCCCCCCCCC. The Balaban J connectivity index is 3.61. The van der Waals surface area contributed by atoms with Crippen LogP contribution in [-0.2, 0) is 14.3 Å². The molecule has 0 fully saturated rings. The summed E-state index contributed by atoms with van der Waals surface area (Å²) in [5.74, 6) is -0.172. The van der Waals surface area contributed by atoms with Crippen LogP contribution in [-0.4, -0.2) is 47.4 Å². The fraction of sp³-hybridized carbons (Fsp3) is 0.854. The van der Waals surface area contributed by atoms with E-state index >= 15 is 0 Å². The van der Waals surface area contributed by atoms with Crippen LogP contribution >= 0.6 is 0 Å². The highest BCUT2D eigenvalue weighted by molar-refractivity contribution is 5.76. The maximum Gasteiger partial charge on any atom is 0.305 e. The molecule has 0 aromatic carbocycles. The fourth-order valence-corrected chi connectivity index (χ4v) is 5.81. The number of hydrogen-bond acceptors (Lipinski definition) is 5. The van der Waals surface area contributed by atoms with Gasteiger partial charge in [-0.2, -0.15) is 0 Å². The lowest BCUT2D eigenvalue weighted by molar-refractivity contribution is -0.143. The molecule has 0 aromatic rings. The lowest BCUT2D eigenvalue weighted by Gasteiger charge is -2.19. The highest BCUT2D eigenvalue weighted by Gasteiger charge is 2.17.